The van der Waals surface area contributed by atoms with Crippen LogP contribution in [-0.2, 0) is 0 Å². The number of nitrogens with one attached hydrogen (secondary N) is 1. The van der Waals surface area contributed by atoms with Gasteiger partial charge in [0.2, 0.25) is 0 Å². The van der Waals surface area contributed by atoms with Crippen molar-refractivity contribution in [3.63, 3.8) is 0 Å². The van der Waals surface area contributed by atoms with Gasteiger partial charge < -0.3 is 14.8 Å². The number of nitrogens with zero attached hydrogens (tertiary/aromatic N) is 3. The summed E-state index contributed by atoms with van der Waals surface area (Å²) in [5.74, 6) is 0. The zero-order valence-corrected chi connectivity index (χ0v) is 18.3. The Balaban J connectivity index is 1.89. The number of aromatic nitrogens is 2. The van der Waals surface area contributed by atoms with Gasteiger partial charge >= 0.3 is 0 Å². The van der Waals surface area contributed by atoms with Gasteiger partial charge in [-0.15, -0.1) is 0 Å². The topological polar surface area (TPSA) is 33.1 Å². The summed E-state index contributed by atoms with van der Waals surface area (Å²) in [6, 6.07) is 16.8. The maximum atomic E-state index is 5.76. The summed E-state index contributed by atoms with van der Waals surface area (Å²) in [5.41, 5.74) is 7.44. The molecule has 1 saturated heterocycles. The van der Waals surface area contributed by atoms with Gasteiger partial charge in [0.15, 0.2) is 5.11 Å². The molecule has 0 aliphatic carbocycles. The molecule has 29 heavy (non-hydrogen) atoms. The first-order valence-electron chi connectivity index (χ1n) is 10.3. The van der Waals surface area contributed by atoms with Gasteiger partial charge in [0.05, 0.1) is 17.8 Å². The Morgan fingerprint density at radius 3 is 2.38 bits per heavy atom. The first-order chi connectivity index (χ1) is 14.0. The van der Waals surface area contributed by atoms with Crippen molar-refractivity contribution in [2.24, 2.45) is 0 Å². The van der Waals surface area contributed by atoms with E-state index in [2.05, 4.69) is 83.9 Å². The van der Waals surface area contributed by atoms with Crippen molar-refractivity contribution in [2.75, 3.05) is 6.54 Å². The number of pyridine rings is 1. The second-order valence-corrected chi connectivity index (χ2v) is 8.09. The van der Waals surface area contributed by atoms with Crippen LogP contribution in [0, 0.1) is 20.8 Å². The quantitative estimate of drug-likeness (QED) is 0.594. The van der Waals surface area contributed by atoms with E-state index in [4.69, 9.17) is 12.2 Å². The van der Waals surface area contributed by atoms with E-state index in [1.165, 1.54) is 28.2 Å². The van der Waals surface area contributed by atoms with E-state index >= 15 is 0 Å². The molecule has 3 aromatic rings. The zero-order valence-electron chi connectivity index (χ0n) is 17.5. The molecule has 0 saturated carbocycles. The molecule has 4 nitrogen and oxygen atoms in total. The van der Waals surface area contributed by atoms with Crippen LogP contribution >= 0.6 is 12.2 Å². The molecule has 150 valence electrons. The van der Waals surface area contributed by atoms with E-state index in [1.807, 2.05) is 18.3 Å². The number of hydrogen-bond acceptors (Lipinski definition) is 2. The third-order valence-corrected chi connectivity index (χ3v) is 6.33. The van der Waals surface area contributed by atoms with Crippen molar-refractivity contribution in [3.8, 4) is 5.69 Å². The Kier molecular flexibility index (Phi) is 5.41. The molecule has 2 unspecified atom stereocenters. The predicted molar refractivity (Wildman–Crippen MR) is 122 cm³/mol. The summed E-state index contributed by atoms with van der Waals surface area (Å²) in [6.45, 7) is 9.79. The fourth-order valence-corrected chi connectivity index (χ4v) is 4.94. The normalized spacial score (nSPS) is 18.9. The Hall–Kier alpha value is -2.66. The highest BCUT2D eigenvalue weighted by Gasteiger charge is 2.42. The fourth-order valence-electron chi connectivity index (χ4n) is 4.61. The van der Waals surface area contributed by atoms with Crippen LogP contribution in [0.5, 0.6) is 0 Å². The lowest BCUT2D eigenvalue weighted by Gasteiger charge is -2.28. The molecule has 1 aromatic carbocycles. The van der Waals surface area contributed by atoms with Gasteiger partial charge in [0.1, 0.15) is 0 Å². The summed E-state index contributed by atoms with van der Waals surface area (Å²) in [4.78, 5) is 7.00. The lowest BCUT2D eigenvalue weighted by atomic mass is 9.93. The molecular weight excluding hydrogens is 376 g/mol. The van der Waals surface area contributed by atoms with Crippen molar-refractivity contribution in [2.45, 2.75) is 46.2 Å². The third kappa shape index (κ3) is 3.33. The van der Waals surface area contributed by atoms with Crippen molar-refractivity contribution in [3.05, 3.63) is 82.9 Å². The fraction of sp³-hybridized carbons (Fsp3) is 0.333. The lowest BCUT2D eigenvalue weighted by molar-refractivity contribution is 0.315. The maximum absolute atomic E-state index is 5.76. The molecule has 1 aliphatic heterocycles. The second kappa shape index (κ2) is 7.99. The van der Waals surface area contributed by atoms with Crippen LogP contribution in [-0.4, -0.2) is 26.1 Å². The number of rotatable bonds is 5. The third-order valence-electron chi connectivity index (χ3n) is 5.98. The molecule has 0 spiro atoms. The predicted octanol–water partition coefficient (Wildman–Crippen LogP) is 5.18. The van der Waals surface area contributed by atoms with Gasteiger partial charge in [-0.2, -0.15) is 0 Å². The number of benzene rings is 1. The van der Waals surface area contributed by atoms with E-state index in [0.717, 1.165) is 23.8 Å². The Morgan fingerprint density at radius 1 is 1.00 bits per heavy atom. The number of para-hydroxylation sites is 1. The average Bonchev–Trinajstić information content (AvgIpc) is 3.17. The summed E-state index contributed by atoms with van der Waals surface area (Å²) in [7, 11) is 0. The highest BCUT2D eigenvalue weighted by atomic mass is 32.1. The first-order valence-corrected chi connectivity index (χ1v) is 10.7. The minimum absolute atomic E-state index is 0.0404. The van der Waals surface area contributed by atoms with Crippen LogP contribution in [0.25, 0.3) is 5.69 Å². The van der Waals surface area contributed by atoms with E-state index < -0.39 is 0 Å². The highest BCUT2D eigenvalue weighted by molar-refractivity contribution is 7.80. The van der Waals surface area contributed by atoms with E-state index in [1.54, 1.807) is 0 Å². The van der Waals surface area contributed by atoms with Crippen LogP contribution < -0.4 is 5.32 Å². The van der Waals surface area contributed by atoms with Crippen molar-refractivity contribution in [1.82, 2.24) is 19.8 Å². The Labute approximate surface area is 178 Å². The molecule has 2 atom stereocenters. The minimum Gasteiger partial charge on any atom is -0.352 e. The summed E-state index contributed by atoms with van der Waals surface area (Å²) >= 11 is 5.76. The van der Waals surface area contributed by atoms with Gasteiger partial charge in [0, 0.05) is 35.4 Å². The van der Waals surface area contributed by atoms with Gasteiger partial charge in [-0.05, 0) is 69.2 Å². The van der Waals surface area contributed by atoms with E-state index in [9.17, 15) is 0 Å². The Bertz CT molecular complexity index is 1010. The lowest BCUT2D eigenvalue weighted by Crippen LogP contribution is -2.30. The highest BCUT2D eigenvalue weighted by Crippen LogP contribution is 2.43. The van der Waals surface area contributed by atoms with Crippen LogP contribution in [0.3, 0.4) is 0 Å². The molecule has 0 amide bonds. The molecule has 5 heteroatoms. The van der Waals surface area contributed by atoms with Gasteiger partial charge in [0.25, 0.3) is 0 Å². The first kappa shape index (κ1) is 19.6. The molecule has 1 aliphatic rings. The van der Waals surface area contributed by atoms with Crippen LogP contribution in [0.1, 0.15) is 53.6 Å². The van der Waals surface area contributed by atoms with Crippen LogP contribution in [0.4, 0.5) is 0 Å². The Morgan fingerprint density at radius 2 is 1.72 bits per heavy atom. The largest absolute Gasteiger partial charge is 0.352 e. The molecule has 1 fully saturated rings. The zero-order chi connectivity index (χ0) is 20.5. The van der Waals surface area contributed by atoms with Gasteiger partial charge in [-0.25, -0.2) is 0 Å². The number of hydrogen-bond donors (Lipinski definition) is 1. The summed E-state index contributed by atoms with van der Waals surface area (Å²) < 4.78 is 2.37. The van der Waals surface area contributed by atoms with Crippen molar-refractivity contribution < 1.29 is 0 Å². The monoisotopic (exact) mass is 404 g/mol. The minimum atomic E-state index is 0.0404. The molecule has 0 radical (unpaired) electrons. The van der Waals surface area contributed by atoms with Gasteiger partial charge in [-0.3, -0.25) is 4.98 Å². The van der Waals surface area contributed by atoms with Gasteiger partial charge in [-0.1, -0.05) is 31.2 Å². The second-order valence-electron chi connectivity index (χ2n) is 7.70. The molecule has 2 aromatic heterocycles. The SMILES string of the molecule is CCCN1C(=S)NC(c2ccccn2)C1c1c(C)c(C)n(-c2ccccc2)c1C. The van der Waals surface area contributed by atoms with E-state index in [-0.39, 0.29) is 12.1 Å². The van der Waals surface area contributed by atoms with Crippen molar-refractivity contribution >= 4 is 17.3 Å². The van der Waals surface area contributed by atoms with E-state index in [0.29, 0.717) is 0 Å². The van der Waals surface area contributed by atoms with Crippen molar-refractivity contribution in [1.29, 1.82) is 0 Å². The smallest absolute Gasteiger partial charge is 0.170 e. The molecule has 3 heterocycles. The molecular formula is C24H28N4S. The molecule has 0 bridgehead atoms. The maximum Gasteiger partial charge on any atom is 0.170 e. The molecule has 4 rings (SSSR count). The summed E-state index contributed by atoms with van der Waals surface area (Å²) in [6.07, 6.45) is 2.91. The molecule has 1 N–H and O–H groups in total. The number of thiocarbonyl (C=S) groups is 1. The summed E-state index contributed by atoms with van der Waals surface area (Å²) in [5, 5.41) is 4.38. The average molecular weight is 405 g/mol. The van der Waals surface area contributed by atoms with Crippen LogP contribution in [0.2, 0.25) is 0 Å². The standard InChI is InChI=1S/C24H28N4S/c1-5-15-27-23(22(26-24(27)29)20-13-9-10-14-25-20)21-16(2)17(3)28(18(21)4)19-11-7-6-8-12-19/h6-14,22-23H,5,15H2,1-4H3,(H,26,29). The van der Waals surface area contributed by atoms with Crippen LogP contribution in [0.15, 0.2) is 54.7 Å².